The number of anilines is 1. The van der Waals surface area contributed by atoms with Crippen LogP contribution in [0.15, 0.2) is 40.8 Å². The van der Waals surface area contributed by atoms with Crippen molar-refractivity contribution in [1.82, 2.24) is 19.9 Å². The molecule has 4 N–H and O–H groups in total. The second-order valence-corrected chi connectivity index (χ2v) is 4.97. The molecule has 0 radical (unpaired) electrons. The summed E-state index contributed by atoms with van der Waals surface area (Å²) in [6.07, 6.45) is 2.91. The number of imidazole rings is 1. The van der Waals surface area contributed by atoms with E-state index in [0.717, 1.165) is 0 Å². The number of carboxylic acids is 1. The van der Waals surface area contributed by atoms with Gasteiger partial charge in [-0.15, -0.1) is 0 Å². The third kappa shape index (κ3) is 2.16. The van der Waals surface area contributed by atoms with Gasteiger partial charge in [-0.05, 0) is 18.2 Å². The van der Waals surface area contributed by atoms with Crippen LogP contribution in [-0.2, 0) is 0 Å². The van der Waals surface area contributed by atoms with Gasteiger partial charge in [0.15, 0.2) is 5.65 Å². The second-order valence-electron chi connectivity index (χ2n) is 3.94. The van der Waals surface area contributed by atoms with Crippen LogP contribution in [0.4, 0.5) is 5.69 Å². The van der Waals surface area contributed by atoms with Gasteiger partial charge in [0.1, 0.15) is 16.9 Å². The van der Waals surface area contributed by atoms with Crippen LogP contribution in [-0.4, -0.2) is 31.0 Å². The fraction of sp³-hybridized carbons (Fsp3) is 0. The summed E-state index contributed by atoms with van der Waals surface area (Å²) in [5.74, 6) is -1.03. The minimum atomic E-state index is -1.03. The third-order valence-electron chi connectivity index (χ3n) is 2.63. The lowest BCUT2D eigenvalue weighted by molar-refractivity contribution is 0.0693. The summed E-state index contributed by atoms with van der Waals surface area (Å²) in [6.45, 7) is 0. The van der Waals surface area contributed by atoms with E-state index in [9.17, 15) is 9.90 Å². The molecule has 0 saturated heterocycles. The highest BCUT2D eigenvalue weighted by atomic mass is 32.2. The summed E-state index contributed by atoms with van der Waals surface area (Å²) in [5, 5.41) is 9.83. The van der Waals surface area contributed by atoms with Crippen molar-refractivity contribution in [2.24, 2.45) is 0 Å². The predicted molar refractivity (Wildman–Crippen MR) is 73.6 cm³/mol. The molecular weight excluding hydrogens is 278 g/mol. The molecule has 0 spiro atoms. The minimum Gasteiger partial charge on any atom is -0.478 e. The average molecular weight is 287 g/mol. The molecule has 0 aliphatic rings. The maximum atomic E-state index is 11.3. The van der Waals surface area contributed by atoms with E-state index in [4.69, 9.17) is 5.73 Å². The number of carbonyl (C=O) groups is 1. The molecule has 0 amide bonds. The molecule has 0 aliphatic carbocycles. The molecule has 3 rings (SSSR count). The molecular formula is C12H9N5O2S. The Bertz CT molecular complexity index is 801. The number of nitrogens with one attached hydrogen (secondary N) is 1. The Morgan fingerprint density at radius 1 is 1.30 bits per heavy atom. The van der Waals surface area contributed by atoms with Gasteiger partial charge in [-0.3, -0.25) is 0 Å². The maximum Gasteiger partial charge on any atom is 0.336 e. The Hall–Kier alpha value is -2.61. The van der Waals surface area contributed by atoms with Crippen molar-refractivity contribution in [3.63, 3.8) is 0 Å². The fourth-order valence-electron chi connectivity index (χ4n) is 1.73. The molecule has 3 aromatic rings. The highest BCUT2D eigenvalue weighted by Crippen LogP contribution is 2.33. The minimum absolute atomic E-state index is 0.140. The van der Waals surface area contributed by atoms with Crippen LogP contribution in [0.1, 0.15) is 10.4 Å². The number of nitrogens with zero attached hydrogens (tertiary/aromatic N) is 3. The van der Waals surface area contributed by atoms with Gasteiger partial charge in [0, 0.05) is 10.6 Å². The SMILES string of the molecule is Nc1ccc(Sc2ncnc3nc[nH]c23)c(C(=O)O)c1. The van der Waals surface area contributed by atoms with Crippen molar-refractivity contribution in [3.8, 4) is 0 Å². The number of H-pyrrole nitrogens is 1. The molecule has 0 aliphatic heterocycles. The van der Waals surface area contributed by atoms with Crippen LogP contribution < -0.4 is 5.73 Å². The van der Waals surface area contributed by atoms with Crippen LogP contribution in [0.5, 0.6) is 0 Å². The summed E-state index contributed by atoms with van der Waals surface area (Å²) >= 11 is 1.23. The summed E-state index contributed by atoms with van der Waals surface area (Å²) in [7, 11) is 0. The van der Waals surface area contributed by atoms with Crippen molar-refractivity contribution in [3.05, 3.63) is 36.4 Å². The fourth-order valence-corrected chi connectivity index (χ4v) is 2.68. The van der Waals surface area contributed by atoms with E-state index < -0.39 is 5.97 Å². The quantitative estimate of drug-likeness (QED) is 0.496. The van der Waals surface area contributed by atoms with Gasteiger partial charge in [-0.2, -0.15) is 0 Å². The first-order valence-corrected chi connectivity index (χ1v) is 6.41. The van der Waals surface area contributed by atoms with Crippen molar-refractivity contribution in [2.45, 2.75) is 9.92 Å². The molecule has 20 heavy (non-hydrogen) atoms. The van der Waals surface area contributed by atoms with Crippen LogP contribution in [0.25, 0.3) is 11.2 Å². The number of nitrogens with two attached hydrogens (primary N) is 1. The normalized spacial score (nSPS) is 10.8. The second kappa shape index (κ2) is 4.82. The van der Waals surface area contributed by atoms with E-state index in [-0.39, 0.29) is 5.56 Å². The van der Waals surface area contributed by atoms with E-state index in [1.54, 1.807) is 12.1 Å². The Labute approximate surface area is 117 Å². The maximum absolute atomic E-state index is 11.3. The monoisotopic (exact) mass is 287 g/mol. The molecule has 0 atom stereocenters. The summed E-state index contributed by atoms with van der Waals surface area (Å²) in [6, 6.07) is 4.74. The Balaban J connectivity index is 2.07. The van der Waals surface area contributed by atoms with Gasteiger partial charge >= 0.3 is 5.97 Å². The van der Waals surface area contributed by atoms with Gasteiger partial charge in [0.25, 0.3) is 0 Å². The number of aromatic carboxylic acids is 1. The summed E-state index contributed by atoms with van der Waals surface area (Å²) in [5.41, 5.74) is 7.37. The van der Waals surface area contributed by atoms with Crippen LogP contribution in [0, 0.1) is 0 Å². The molecule has 7 nitrogen and oxygen atoms in total. The molecule has 0 fully saturated rings. The highest BCUT2D eigenvalue weighted by molar-refractivity contribution is 7.99. The van der Waals surface area contributed by atoms with E-state index in [1.807, 2.05) is 0 Å². The van der Waals surface area contributed by atoms with E-state index in [2.05, 4.69) is 19.9 Å². The zero-order chi connectivity index (χ0) is 14.1. The smallest absolute Gasteiger partial charge is 0.336 e. The lowest BCUT2D eigenvalue weighted by atomic mass is 10.2. The van der Waals surface area contributed by atoms with E-state index in [0.29, 0.717) is 26.8 Å². The van der Waals surface area contributed by atoms with Crippen LogP contribution in [0.2, 0.25) is 0 Å². The standard InChI is InChI=1S/C12H9N5O2S/c13-6-1-2-8(7(3-6)12(18)19)20-11-9-10(15-4-14-9)16-5-17-11/h1-5H,13H2,(H,18,19)(H,14,15,16,17). The van der Waals surface area contributed by atoms with Crippen molar-refractivity contribution < 1.29 is 9.90 Å². The molecule has 100 valence electrons. The van der Waals surface area contributed by atoms with Crippen molar-refractivity contribution in [2.75, 3.05) is 5.73 Å². The Morgan fingerprint density at radius 3 is 2.95 bits per heavy atom. The molecule has 0 saturated carbocycles. The van der Waals surface area contributed by atoms with E-state index in [1.165, 1.54) is 30.5 Å². The topological polar surface area (TPSA) is 118 Å². The van der Waals surface area contributed by atoms with Gasteiger partial charge in [0.05, 0.1) is 11.9 Å². The number of fused-ring (bicyclic) bond motifs is 1. The lowest BCUT2D eigenvalue weighted by Gasteiger charge is -2.06. The van der Waals surface area contributed by atoms with Gasteiger partial charge < -0.3 is 15.8 Å². The number of aromatic nitrogens is 4. The molecule has 2 heterocycles. The number of carboxylic acid groups (broad SMARTS) is 1. The number of nitrogen functional groups attached to an aromatic ring is 1. The molecule has 8 heteroatoms. The lowest BCUT2D eigenvalue weighted by Crippen LogP contribution is -2.00. The molecule has 1 aromatic carbocycles. The van der Waals surface area contributed by atoms with Gasteiger partial charge in [-0.1, -0.05) is 11.8 Å². The summed E-state index contributed by atoms with van der Waals surface area (Å²) in [4.78, 5) is 27.0. The average Bonchev–Trinajstić information content (AvgIpc) is 2.90. The number of aromatic amines is 1. The number of hydrogen-bond acceptors (Lipinski definition) is 6. The predicted octanol–water partition coefficient (Wildman–Crippen LogP) is 1.78. The Kier molecular flexibility index (Phi) is 2.99. The highest BCUT2D eigenvalue weighted by Gasteiger charge is 2.14. The van der Waals surface area contributed by atoms with Crippen molar-refractivity contribution >= 4 is 34.6 Å². The number of benzene rings is 1. The van der Waals surface area contributed by atoms with Crippen LogP contribution >= 0.6 is 11.8 Å². The van der Waals surface area contributed by atoms with Crippen molar-refractivity contribution in [1.29, 1.82) is 0 Å². The molecule has 2 aromatic heterocycles. The molecule has 0 bridgehead atoms. The zero-order valence-corrected chi connectivity index (χ0v) is 10.9. The van der Waals surface area contributed by atoms with Crippen LogP contribution in [0.3, 0.4) is 0 Å². The van der Waals surface area contributed by atoms with Gasteiger partial charge in [0.2, 0.25) is 0 Å². The third-order valence-corrected chi connectivity index (χ3v) is 3.71. The molecule has 0 unspecified atom stereocenters. The van der Waals surface area contributed by atoms with E-state index >= 15 is 0 Å². The first-order valence-electron chi connectivity index (χ1n) is 5.60. The Morgan fingerprint density at radius 2 is 2.15 bits per heavy atom. The first-order chi connectivity index (χ1) is 9.65. The largest absolute Gasteiger partial charge is 0.478 e. The van der Waals surface area contributed by atoms with Gasteiger partial charge in [-0.25, -0.2) is 19.7 Å². The summed E-state index contributed by atoms with van der Waals surface area (Å²) < 4.78 is 0. The number of rotatable bonds is 3. The first kappa shape index (κ1) is 12.4. The number of hydrogen-bond donors (Lipinski definition) is 3. The zero-order valence-electron chi connectivity index (χ0n) is 10.1.